The number of unbranched alkanes of at least 4 members (excludes halogenated alkanes) is 22. The van der Waals surface area contributed by atoms with Crippen LogP contribution in [0.3, 0.4) is 0 Å². The lowest BCUT2D eigenvalue weighted by molar-refractivity contribution is -0.303. The van der Waals surface area contributed by atoms with Crippen molar-refractivity contribution in [3.63, 3.8) is 0 Å². The van der Waals surface area contributed by atoms with Crippen LogP contribution in [-0.4, -0.2) is 110 Å². The van der Waals surface area contributed by atoms with E-state index in [-0.39, 0.29) is 12.8 Å². The van der Waals surface area contributed by atoms with E-state index in [9.17, 15) is 40.5 Å². The predicted molar refractivity (Wildman–Crippen MR) is 242 cm³/mol. The Morgan fingerprint density at radius 2 is 1.03 bits per heavy atom. The van der Waals surface area contributed by atoms with Gasteiger partial charge in [-0.1, -0.05) is 166 Å². The van der Waals surface area contributed by atoms with Crippen LogP contribution in [0.2, 0.25) is 0 Å². The van der Waals surface area contributed by atoms with E-state index in [4.69, 9.17) is 9.47 Å². The molecular weight excluding hydrogens is 763 g/mol. The number of hydrogen-bond donors (Lipinski definition) is 8. The van der Waals surface area contributed by atoms with E-state index in [2.05, 4.69) is 55.6 Å². The van der Waals surface area contributed by atoms with Crippen molar-refractivity contribution in [2.45, 2.75) is 255 Å². The fraction of sp³-hybridized carbons (Fsp3) is 0.857. The standard InChI is InChI=1S/C49H91NO10/c1-3-5-7-9-11-13-15-17-19-21-23-24-26-28-30-32-34-36-41(52)44(54)40(39-59-49-47(57)46(56)45(55)43(38-51)60-49)50-48(58)42(53)37-35-33-31-29-27-25-22-20-18-16-14-12-10-8-6-4-2/h12,14,18,20,28,30,40-47,49,51-57H,3-11,13,15-17,19,21-27,29,31-39H2,1-2H3,(H,50,58)/b14-12-,20-18-,30-28+. The molecule has 0 bridgehead atoms. The minimum atomic E-state index is -1.67. The first-order chi connectivity index (χ1) is 29.2. The van der Waals surface area contributed by atoms with Gasteiger partial charge in [0.05, 0.1) is 25.4 Å². The molecule has 0 spiro atoms. The summed E-state index contributed by atoms with van der Waals surface area (Å²) in [6.45, 7) is 3.39. The van der Waals surface area contributed by atoms with E-state index >= 15 is 0 Å². The van der Waals surface area contributed by atoms with Gasteiger partial charge >= 0.3 is 0 Å². The van der Waals surface area contributed by atoms with Gasteiger partial charge in [-0.3, -0.25) is 4.79 Å². The van der Waals surface area contributed by atoms with Crippen LogP contribution in [0.1, 0.15) is 200 Å². The van der Waals surface area contributed by atoms with Crippen molar-refractivity contribution < 1.29 is 50.0 Å². The summed E-state index contributed by atoms with van der Waals surface area (Å²) in [6, 6.07) is -1.19. The van der Waals surface area contributed by atoms with E-state index in [1.807, 2.05) is 0 Å². The van der Waals surface area contributed by atoms with Gasteiger partial charge in [0.25, 0.3) is 0 Å². The fourth-order valence-corrected chi connectivity index (χ4v) is 7.59. The summed E-state index contributed by atoms with van der Waals surface area (Å²) in [7, 11) is 0. The molecule has 11 nitrogen and oxygen atoms in total. The molecule has 1 saturated heterocycles. The normalized spacial score (nSPS) is 21.9. The Bertz CT molecular complexity index is 1070. The number of carbonyl (C=O) groups is 1. The number of rotatable bonds is 40. The molecule has 1 fully saturated rings. The first-order valence-electron chi connectivity index (χ1n) is 24.4. The van der Waals surface area contributed by atoms with Crippen LogP contribution < -0.4 is 5.32 Å². The third kappa shape index (κ3) is 28.1. The number of nitrogens with one attached hydrogen (secondary N) is 1. The maximum atomic E-state index is 13.1. The number of amides is 1. The molecular formula is C49H91NO10. The Morgan fingerprint density at radius 3 is 1.57 bits per heavy atom. The molecule has 8 N–H and O–H groups in total. The maximum Gasteiger partial charge on any atom is 0.249 e. The second-order valence-electron chi connectivity index (χ2n) is 17.2. The van der Waals surface area contributed by atoms with Gasteiger partial charge in [-0.05, 0) is 70.6 Å². The zero-order valence-corrected chi connectivity index (χ0v) is 37.9. The van der Waals surface area contributed by atoms with E-state index < -0.39 is 74.2 Å². The van der Waals surface area contributed by atoms with Crippen LogP contribution >= 0.6 is 0 Å². The zero-order valence-electron chi connectivity index (χ0n) is 37.9. The van der Waals surface area contributed by atoms with Gasteiger partial charge in [0, 0.05) is 0 Å². The molecule has 60 heavy (non-hydrogen) atoms. The first kappa shape index (κ1) is 56.3. The average molecular weight is 854 g/mol. The van der Waals surface area contributed by atoms with Crippen LogP contribution in [0.4, 0.5) is 0 Å². The van der Waals surface area contributed by atoms with Gasteiger partial charge in [0.1, 0.15) is 36.6 Å². The van der Waals surface area contributed by atoms with Crippen LogP contribution in [-0.2, 0) is 14.3 Å². The molecule has 0 aromatic heterocycles. The van der Waals surface area contributed by atoms with E-state index in [0.717, 1.165) is 64.2 Å². The number of ether oxygens (including phenoxy) is 2. The summed E-state index contributed by atoms with van der Waals surface area (Å²) >= 11 is 0. The highest BCUT2D eigenvalue weighted by Crippen LogP contribution is 2.23. The van der Waals surface area contributed by atoms with Gasteiger partial charge in [-0.2, -0.15) is 0 Å². The predicted octanol–water partition coefficient (Wildman–Crippen LogP) is 8.39. The largest absolute Gasteiger partial charge is 0.394 e. The zero-order chi connectivity index (χ0) is 44.1. The van der Waals surface area contributed by atoms with Crippen LogP contribution in [0.15, 0.2) is 36.5 Å². The highest BCUT2D eigenvalue weighted by atomic mass is 16.7. The average Bonchev–Trinajstić information content (AvgIpc) is 3.25. The summed E-state index contributed by atoms with van der Waals surface area (Å²) in [4.78, 5) is 13.1. The summed E-state index contributed by atoms with van der Waals surface area (Å²) < 4.78 is 11.1. The summed E-state index contributed by atoms with van der Waals surface area (Å²) in [6.07, 6.45) is 33.3. The van der Waals surface area contributed by atoms with E-state index in [1.165, 1.54) is 96.3 Å². The monoisotopic (exact) mass is 854 g/mol. The van der Waals surface area contributed by atoms with Gasteiger partial charge in [-0.15, -0.1) is 0 Å². The Morgan fingerprint density at radius 1 is 0.583 bits per heavy atom. The third-order valence-corrected chi connectivity index (χ3v) is 11.7. The number of hydrogen-bond acceptors (Lipinski definition) is 10. The maximum absolute atomic E-state index is 13.1. The smallest absolute Gasteiger partial charge is 0.249 e. The van der Waals surface area contributed by atoms with Crippen molar-refractivity contribution in [2.24, 2.45) is 0 Å². The third-order valence-electron chi connectivity index (χ3n) is 11.7. The molecule has 1 amide bonds. The van der Waals surface area contributed by atoms with Crippen molar-refractivity contribution in [3.05, 3.63) is 36.5 Å². The Kier molecular flexibility index (Phi) is 36.6. The second kappa shape index (κ2) is 39.0. The minimum absolute atomic E-state index is 0.241. The van der Waals surface area contributed by atoms with Gasteiger partial charge in [0.2, 0.25) is 5.91 Å². The first-order valence-corrected chi connectivity index (χ1v) is 24.4. The molecule has 0 aromatic carbocycles. The second-order valence-corrected chi connectivity index (χ2v) is 17.2. The molecule has 9 atom stereocenters. The molecule has 1 aliphatic rings. The number of allylic oxidation sites excluding steroid dienone is 6. The molecule has 0 saturated carbocycles. The SMILES string of the molecule is CCCCC/C=C\C/C=C\CCCCCCCCC(O)C(=O)NC(COC1OC(CO)C(O)C(O)C1O)C(O)C(O)CCC/C=C/CCCCCCCCCCCCCC. The van der Waals surface area contributed by atoms with Crippen molar-refractivity contribution in [1.29, 1.82) is 0 Å². The Labute approximate surface area is 365 Å². The van der Waals surface area contributed by atoms with E-state index in [1.54, 1.807) is 0 Å². The number of aliphatic hydroxyl groups is 7. The lowest BCUT2D eigenvalue weighted by Crippen LogP contribution is -2.60. The van der Waals surface area contributed by atoms with Crippen LogP contribution in [0, 0.1) is 0 Å². The molecule has 0 aliphatic carbocycles. The molecule has 9 unspecified atom stereocenters. The highest BCUT2D eigenvalue weighted by molar-refractivity contribution is 5.80. The Balaban J connectivity index is 2.46. The van der Waals surface area contributed by atoms with Gasteiger partial charge in [0.15, 0.2) is 6.29 Å². The molecule has 1 heterocycles. The lowest BCUT2D eigenvalue weighted by atomic mass is 9.98. The van der Waals surface area contributed by atoms with Crippen LogP contribution in [0.5, 0.6) is 0 Å². The van der Waals surface area contributed by atoms with E-state index in [0.29, 0.717) is 12.8 Å². The van der Waals surface area contributed by atoms with Gasteiger partial charge < -0.3 is 50.5 Å². The topological polar surface area (TPSA) is 189 Å². The number of carbonyl (C=O) groups excluding carboxylic acids is 1. The molecule has 11 heteroatoms. The van der Waals surface area contributed by atoms with Crippen molar-refractivity contribution in [3.8, 4) is 0 Å². The van der Waals surface area contributed by atoms with Gasteiger partial charge in [-0.25, -0.2) is 0 Å². The van der Waals surface area contributed by atoms with Crippen molar-refractivity contribution >= 4 is 5.91 Å². The molecule has 1 aliphatic heterocycles. The Hall–Kier alpha value is -1.67. The molecule has 1 rings (SSSR count). The van der Waals surface area contributed by atoms with Crippen molar-refractivity contribution in [2.75, 3.05) is 13.2 Å². The quantitative estimate of drug-likeness (QED) is 0.0220. The molecule has 0 aromatic rings. The summed E-state index contributed by atoms with van der Waals surface area (Å²) in [5.41, 5.74) is 0. The lowest BCUT2D eigenvalue weighted by Gasteiger charge is -2.40. The summed E-state index contributed by atoms with van der Waals surface area (Å²) in [5, 5.41) is 75.7. The molecule has 0 radical (unpaired) electrons. The fourth-order valence-electron chi connectivity index (χ4n) is 7.59. The highest BCUT2D eigenvalue weighted by Gasteiger charge is 2.44. The van der Waals surface area contributed by atoms with Crippen LogP contribution in [0.25, 0.3) is 0 Å². The number of aliphatic hydroxyl groups excluding tert-OH is 7. The van der Waals surface area contributed by atoms with Crippen molar-refractivity contribution in [1.82, 2.24) is 5.32 Å². The summed E-state index contributed by atoms with van der Waals surface area (Å²) in [5.74, 6) is -0.716. The minimum Gasteiger partial charge on any atom is -0.394 e. The molecule has 352 valence electrons.